The normalized spacial score (nSPS) is 20.8. The highest BCUT2D eigenvalue weighted by Crippen LogP contribution is 2.23. The molecule has 0 aromatic heterocycles. The Bertz CT molecular complexity index is 1160. The predicted octanol–water partition coefficient (Wildman–Crippen LogP) is 3.36. The van der Waals surface area contributed by atoms with Gasteiger partial charge in [-0.05, 0) is 82.3 Å². The fourth-order valence-electron chi connectivity index (χ4n) is 4.81. The van der Waals surface area contributed by atoms with E-state index < -0.39 is 9.84 Å². The molecule has 2 unspecified atom stereocenters. The van der Waals surface area contributed by atoms with E-state index >= 15 is 0 Å². The second kappa shape index (κ2) is 11.8. The number of hydrogen-bond donors (Lipinski definition) is 0. The van der Waals surface area contributed by atoms with Crippen LogP contribution in [0.25, 0.3) is 0 Å². The molecule has 9 heteroatoms. The van der Waals surface area contributed by atoms with Gasteiger partial charge in [0.25, 0.3) is 0 Å². The molecule has 200 valence electrons. The molecule has 0 radical (unpaired) electrons. The van der Waals surface area contributed by atoms with Crippen molar-refractivity contribution in [2.45, 2.75) is 49.9 Å². The maximum absolute atomic E-state index is 12.6. The quantitative estimate of drug-likeness (QED) is 0.465. The molecule has 2 aromatic carbocycles. The lowest BCUT2D eigenvalue weighted by Crippen LogP contribution is -2.60. The standard InChI is InChI=1S/C28H37N3O5S/c1-28(2,3)36-24-9-7-23(8-10-24)34-15-14-31-20-25-18-30(19-26(21-31)35-25)13-4-16-37(32,33)27-11-5-22(17-29)6-12-27/h5-12,25-26H,4,13-16,18-21H2,1-3H3. The van der Waals surface area contributed by atoms with Crippen molar-refractivity contribution in [2.75, 3.05) is 51.6 Å². The minimum atomic E-state index is -3.35. The van der Waals surface area contributed by atoms with Crippen molar-refractivity contribution in [3.8, 4) is 17.6 Å². The van der Waals surface area contributed by atoms with Gasteiger partial charge in [0.2, 0.25) is 0 Å². The molecule has 2 aliphatic rings. The highest BCUT2D eigenvalue weighted by Gasteiger charge is 2.34. The van der Waals surface area contributed by atoms with Crippen LogP contribution in [0, 0.1) is 11.3 Å². The number of nitrogens with zero attached hydrogens (tertiary/aromatic N) is 3. The van der Waals surface area contributed by atoms with Gasteiger partial charge in [-0.1, -0.05) is 0 Å². The first-order chi connectivity index (χ1) is 17.6. The van der Waals surface area contributed by atoms with Gasteiger partial charge >= 0.3 is 0 Å². The van der Waals surface area contributed by atoms with Crippen LogP contribution in [-0.4, -0.2) is 87.7 Å². The van der Waals surface area contributed by atoms with Gasteiger partial charge in [-0.3, -0.25) is 9.80 Å². The summed E-state index contributed by atoms with van der Waals surface area (Å²) in [4.78, 5) is 4.99. The molecule has 0 aliphatic carbocycles. The van der Waals surface area contributed by atoms with Crippen molar-refractivity contribution in [1.29, 1.82) is 5.26 Å². The maximum atomic E-state index is 12.6. The number of hydrogen-bond acceptors (Lipinski definition) is 8. The van der Waals surface area contributed by atoms with E-state index in [-0.39, 0.29) is 28.5 Å². The summed E-state index contributed by atoms with van der Waals surface area (Å²) in [5.41, 5.74) is 0.232. The maximum Gasteiger partial charge on any atom is 0.178 e. The third-order valence-electron chi connectivity index (χ3n) is 6.39. The van der Waals surface area contributed by atoms with E-state index in [4.69, 9.17) is 19.5 Å². The monoisotopic (exact) mass is 527 g/mol. The molecule has 2 fully saturated rings. The fourth-order valence-corrected chi connectivity index (χ4v) is 6.10. The largest absolute Gasteiger partial charge is 0.492 e. The smallest absolute Gasteiger partial charge is 0.178 e. The molecule has 2 bridgehead atoms. The molecule has 4 rings (SSSR count). The summed E-state index contributed by atoms with van der Waals surface area (Å²) >= 11 is 0. The zero-order chi connectivity index (χ0) is 26.5. The molecule has 2 aliphatic heterocycles. The summed E-state index contributed by atoms with van der Waals surface area (Å²) in [7, 11) is -3.35. The van der Waals surface area contributed by atoms with E-state index in [0.29, 0.717) is 18.6 Å². The van der Waals surface area contributed by atoms with Crippen molar-refractivity contribution >= 4 is 9.84 Å². The lowest BCUT2D eigenvalue weighted by atomic mass is 10.1. The van der Waals surface area contributed by atoms with E-state index in [0.717, 1.165) is 50.8 Å². The van der Waals surface area contributed by atoms with Crippen LogP contribution in [0.4, 0.5) is 0 Å². The van der Waals surface area contributed by atoms with Gasteiger partial charge in [0.05, 0.1) is 34.5 Å². The first-order valence-corrected chi connectivity index (χ1v) is 14.5. The van der Waals surface area contributed by atoms with Crippen LogP contribution in [0.5, 0.6) is 11.5 Å². The van der Waals surface area contributed by atoms with Crippen LogP contribution < -0.4 is 9.47 Å². The third kappa shape index (κ3) is 8.17. The average Bonchev–Trinajstić information content (AvgIpc) is 2.84. The van der Waals surface area contributed by atoms with Crippen molar-refractivity contribution < 1.29 is 22.6 Å². The second-order valence-electron chi connectivity index (χ2n) is 10.7. The highest BCUT2D eigenvalue weighted by molar-refractivity contribution is 7.91. The van der Waals surface area contributed by atoms with Crippen LogP contribution in [0.15, 0.2) is 53.4 Å². The molecule has 2 saturated heterocycles. The Kier molecular flexibility index (Phi) is 8.75. The van der Waals surface area contributed by atoms with E-state index in [1.807, 2.05) is 51.1 Å². The zero-order valence-corrected chi connectivity index (χ0v) is 22.7. The third-order valence-corrected chi connectivity index (χ3v) is 8.20. The van der Waals surface area contributed by atoms with Crippen LogP contribution in [-0.2, 0) is 14.6 Å². The van der Waals surface area contributed by atoms with Gasteiger partial charge in [-0.15, -0.1) is 0 Å². The number of benzene rings is 2. The summed E-state index contributed by atoms with van der Waals surface area (Å²) in [6, 6.07) is 15.9. The SMILES string of the molecule is CC(C)(C)Oc1ccc(OCCN2CC3CN(CCCS(=O)(=O)c4ccc(C#N)cc4)CC(C2)O3)cc1. The summed E-state index contributed by atoms with van der Waals surface area (Å²) in [6.07, 6.45) is 0.812. The number of ether oxygens (including phenoxy) is 3. The van der Waals surface area contributed by atoms with E-state index in [1.54, 1.807) is 12.1 Å². The lowest BCUT2D eigenvalue weighted by molar-refractivity contribution is -0.139. The number of rotatable bonds is 10. The van der Waals surface area contributed by atoms with Crippen molar-refractivity contribution in [3.63, 3.8) is 0 Å². The topological polar surface area (TPSA) is 92.1 Å². The van der Waals surface area contributed by atoms with E-state index in [9.17, 15) is 8.42 Å². The molecule has 0 N–H and O–H groups in total. The Morgan fingerprint density at radius 3 is 2.05 bits per heavy atom. The van der Waals surface area contributed by atoms with Crippen LogP contribution in [0.2, 0.25) is 0 Å². The predicted molar refractivity (Wildman–Crippen MR) is 142 cm³/mol. The molecule has 2 aromatic rings. The highest BCUT2D eigenvalue weighted by atomic mass is 32.2. The summed E-state index contributed by atoms with van der Waals surface area (Å²) in [5.74, 6) is 1.76. The average molecular weight is 528 g/mol. The molecule has 8 nitrogen and oxygen atoms in total. The van der Waals surface area contributed by atoms with Crippen molar-refractivity contribution in [1.82, 2.24) is 9.80 Å². The minimum absolute atomic E-state index is 0.0956. The van der Waals surface area contributed by atoms with Gasteiger partial charge in [0.1, 0.15) is 23.7 Å². The Hall–Kier alpha value is -2.64. The van der Waals surface area contributed by atoms with Crippen LogP contribution in [0.1, 0.15) is 32.8 Å². The summed E-state index contributed by atoms with van der Waals surface area (Å²) < 4.78 is 43.2. The van der Waals surface area contributed by atoms with Gasteiger partial charge in [-0.2, -0.15) is 5.26 Å². The summed E-state index contributed by atoms with van der Waals surface area (Å²) in [5, 5.41) is 8.90. The van der Waals surface area contributed by atoms with Gasteiger partial charge in [-0.25, -0.2) is 8.42 Å². The molecule has 2 heterocycles. The zero-order valence-electron chi connectivity index (χ0n) is 21.9. The first kappa shape index (κ1) is 27.4. The fraction of sp³-hybridized carbons (Fsp3) is 0.536. The molecule has 0 spiro atoms. The number of nitriles is 1. The number of fused-ring (bicyclic) bond motifs is 2. The lowest BCUT2D eigenvalue weighted by Gasteiger charge is -2.45. The molecule has 2 atom stereocenters. The Labute approximate surface area is 220 Å². The Morgan fingerprint density at radius 1 is 0.919 bits per heavy atom. The molecular formula is C28H37N3O5S. The van der Waals surface area contributed by atoms with Crippen molar-refractivity contribution in [3.05, 3.63) is 54.1 Å². The minimum Gasteiger partial charge on any atom is -0.492 e. The van der Waals surface area contributed by atoms with E-state index in [1.165, 1.54) is 12.1 Å². The Morgan fingerprint density at radius 2 is 1.49 bits per heavy atom. The number of sulfone groups is 1. The Balaban J connectivity index is 1.17. The molecular weight excluding hydrogens is 490 g/mol. The van der Waals surface area contributed by atoms with E-state index in [2.05, 4.69) is 9.80 Å². The molecule has 0 saturated carbocycles. The molecule has 0 amide bonds. The van der Waals surface area contributed by atoms with Crippen LogP contribution >= 0.6 is 0 Å². The second-order valence-corrected chi connectivity index (χ2v) is 12.9. The number of morpholine rings is 2. The van der Waals surface area contributed by atoms with Crippen LogP contribution in [0.3, 0.4) is 0 Å². The van der Waals surface area contributed by atoms with Gasteiger partial charge in [0.15, 0.2) is 9.84 Å². The summed E-state index contributed by atoms with van der Waals surface area (Å²) in [6.45, 7) is 11.5. The van der Waals surface area contributed by atoms with Crippen molar-refractivity contribution in [2.24, 2.45) is 0 Å². The first-order valence-electron chi connectivity index (χ1n) is 12.8. The van der Waals surface area contributed by atoms with Gasteiger partial charge in [0, 0.05) is 32.7 Å². The molecule has 37 heavy (non-hydrogen) atoms. The van der Waals surface area contributed by atoms with Gasteiger partial charge < -0.3 is 14.2 Å².